The predicted octanol–water partition coefficient (Wildman–Crippen LogP) is 5.94. The van der Waals surface area contributed by atoms with E-state index in [2.05, 4.69) is 16.0 Å². The SMILES string of the molecule is CN(Cc1cc(-c2ccc(-c3cccc(S(C)(=O)=O)c3)s2)n(-c2ccccc2Cl)n1)Cc1ncco1. The van der Waals surface area contributed by atoms with E-state index in [0.717, 1.165) is 32.4 Å². The maximum Gasteiger partial charge on any atom is 0.208 e. The van der Waals surface area contributed by atoms with Gasteiger partial charge in [-0.05, 0) is 55.1 Å². The number of rotatable bonds is 8. The van der Waals surface area contributed by atoms with Crippen molar-refractivity contribution in [2.75, 3.05) is 13.3 Å². The highest BCUT2D eigenvalue weighted by atomic mass is 35.5. The van der Waals surface area contributed by atoms with Gasteiger partial charge in [-0.2, -0.15) is 5.10 Å². The van der Waals surface area contributed by atoms with E-state index in [1.165, 1.54) is 6.26 Å². The standard InChI is InChI=1S/C26H23ClN4O3S2/c1-30(17-26-28-12-13-34-26)16-19-15-23(31(29-19)22-9-4-3-8-21(22)27)25-11-10-24(35-25)18-6-5-7-20(14-18)36(2,32)33/h3-15H,16-17H2,1-2H3. The first-order valence-electron chi connectivity index (χ1n) is 11.1. The van der Waals surface area contributed by atoms with E-state index in [1.807, 2.05) is 54.2 Å². The number of benzene rings is 2. The van der Waals surface area contributed by atoms with Crippen LogP contribution in [0.1, 0.15) is 11.6 Å². The molecule has 0 aliphatic rings. The number of hydrogen-bond donors (Lipinski definition) is 0. The fourth-order valence-electron chi connectivity index (χ4n) is 3.90. The quantitative estimate of drug-likeness (QED) is 0.243. The van der Waals surface area contributed by atoms with Crippen molar-refractivity contribution < 1.29 is 12.8 Å². The second-order valence-electron chi connectivity index (χ2n) is 8.45. The predicted molar refractivity (Wildman–Crippen MR) is 142 cm³/mol. The molecule has 0 radical (unpaired) electrons. The van der Waals surface area contributed by atoms with Gasteiger partial charge in [0.2, 0.25) is 5.89 Å². The summed E-state index contributed by atoms with van der Waals surface area (Å²) in [7, 11) is -1.31. The van der Waals surface area contributed by atoms with E-state index in [4.69, 9.17) is 21.1 Å². The number of nitrogens with zero attached hydrogens (tertiary/aromatic N) is 4. The van der Waals surface area contributed by atoms with Gasteiger partial charge < -0.3 is 4.42 Å². The Morgan fingerprint density at radius 3 is 2.58 bits per heavy atom. The number of oxazole rings is 1. The smallest absolute Gasteiger partial charge is 0.208 e. The number of hydrogen-bond acceptors (Lipinski definition) is 7. The van der Waals surface area contributed by atoms with Gasteiger partial charge in [0.15, 0.2) is 9.84 Å². The summed E-state index contributed by atoms with van der Waals surface area (Å²) in [6.45, 7) is 1.14. The summed E-state index contributed by atoms with van der Waals surface area (Å²) in [4.78, 5) is 8.52. The van der Waals surface area contributed by atoms with Gasteiger partial charge >= 0.3 is 0 Å². The lowest BCUT2D eigenvalue weighted by molar-refractivity contribution is 0.278. The highest BCUT2D eigenvalue weighted by Crippen LogP contribution is 2.37. The molecule has 3 heterocycles. The molecule has 0 aliphatic heterocycles. The molecule has 36 heavy (non-hydrogen) atoms. The summed E-state index contributed by atoms with van der Waals surface area (Å²) >= 11 is 8.12. The Bertz CT molecular complexity index is 1610. The third-order valence-electron chi connectivity index (χ3n) is 5.57. The van der Waals surface area contributed by atoms with Gasteiger partial charge in [0.25, 0.3) is 0 Å². The van der Waals surface area contributed by atoms with Crippen molar-refractivity contribution >= 4 is 32.8 Å². The van der Waals surface area contributed by atoms with Crippen LogP contribution < -0.4 is 0 Å². The second kappa shape index (κ2) is 10.0. The van der Waals surface area contributed by atoms with Gasteiger partial charge in [0.05, 0.1) is 44.6 Å². The van der Waals surface area contributed by atoms with Crippen molar-refractivity contribution in [1.29, 1.82) is 0 Å². The van der Waals surface area contributed by atoms with E-state index < -0.39 is 9.84 Å². The van der Waals surface area contributed by atoms with E-state index in [1.54, 1.807) is 42.0 Å². The fourth-order valence-corrected chi connectivity index (χ4v) is 5.78. The molecule has 0 spiro atoms. The normalized spacial score (nSPS) is 11.9. The Morgan fingerprint density at radius 1 is 1.03 bits per heavy atom. The minimum Gasteiger partial charge on any atom is -0.448 e. The molecule has 2 aromatic carbocycles. The summed E-state index contributed by atoms with van der Waals surface area (Å²) in [6.07, 6.45) is 4.41. The number of sulfone groups is 1. The highest BCUT2D eigenvalue weighted by molar-refractivity contribution is 7.90. The Kier molecular flexibility index (Phi) is 6.81. The van der Waals surface area contributed by atoms with Gasteiger partial charge in [-0.15, -0.1) is 11.3 Å². The summed E-state index contributed by atoms with van der Waals surface area (Å²) < 4.78 is 31.3. The van der Waals surface area contributed by atoms with Crippen LogP contribution in [0.15, 0.2) is 88.5 Å². The van der Waals surface area contributed by atoms with Gasteiger partial charge in [0.1, 0.15) is 6.26 Å². The lowest BCUT2D eigenvalue weighted by Crippen LogP contribution is -2.17. The van der Waals surface area contributed by atoms with E-state index in [0.29, 0.717) is 28.9 Å². The van der Waals surface area contributed by atoms with E-state index >= 15 is 0 Å². The molecule has 5 aromatic rings. The van der Waals surface area contributed by atoms with Crippen molar-refractivity contribution in [2.45, 2.75) is 18.0 Å². The Hall–Kier alpha value is -3.24. The van der Waals surface area contributed by atoms with Crippen molar-refractivity contribution in [3.63, 3.8) is 0 Å². The number of para-hydroxylation sites is 1. The zero-order chi connectivity index (χ0) is 25.3. The van der Waals surface area contributed by atoms with Crippen LogP contribution in [0.2, 0.25) is 5.02 Å². The minimum atomic E-state index is -3.29. The first-order chi connectivity index (χ1) is 17.3. The lowest BCUT2D eigenvalue weighted by Gasteiger charge is -2.12. The molecule has 0 aliphatic carbocycles. The largest absolute Gasteiger partial charge is 0.448 e. The number of aromatic nitrogens is 3. The first kappa shape index (κ1) is 24.5. The summed E-state index contributed by atoms with van der Waals surface area (Å²) in [5.74, 6) is 0.641. The molecule has 0 amide bonds. The molecule has 3 aromatic heterocycles. The molecule has 0 bridgehead atoms. The van der Waals surface area contributed by atoms with Crippen LogP contribution in [-0.2, 0) is 22.9 Å². The Balaban J connectivity index is 1.52. The monoisotopic (exact) mass is 538 g/mol. The average molecular weight is 539 g/mol. The van der Waals surface area contributed by atoms with Crippen molar-refractivity contribution in [2.24, 2.45) is 0 Å². The van der Waals surface area contributed by atoms with Crippen LogP contribution in [0.5, 0.6) is 0 Å². The van der Waals surface area contributed by atoms with Crippen molar-refractivity contribution in [3.05, 3.63) is 95.8 Å². The second-order valence-corrected chi connectivity index (χ2v) is 12.0. The van der Waals surface area contributed by atoms with Gasteiger partial charge in [-0.1, -0.05) is 35.9 Å². The zero-order valence-electron chi connectivity index (χ0n) is 19.6. The average Bonchev–Trinajstić information content (AvgIpc) is 3.60. The molecule has 10 heteroatoms. The topological polar surface area (TPSA) is 81.2 Å². The molecule has 0 fully saturated rings. The van der Waals surface area contributed by atoms with Gasteiger partial charge in [-0.3, -0.25) is 4.90 Å². The van der Waals surface area contributed by atoms with Crippen LogP contribution in [0, 0.1) is 0 Å². The van der Waals surface area contributed by atoms with Crippen LogP contribution in [0.4, 0.5) is 0 Å². The maximum absolute atomic E-state index is 12.0. The van der Waals surface area contributed by atoms with Crippen molar-refractivity contribution in [3.8, 4) is 26.7 Å². The number of halogens is 1. The van der Waals surface area contributed by atoms with Gasteiger partial charge in [0, 0.05) is 17.7 Å². The number of thiophene rings is 1. The minimum absolute atomic E-state index is 0.299. The molecule has 0 N–H and O–H groups in total. The maximum atomic E-state index is 12.0. The van der Waals surface area contributed by atoms with Crippen LogP contribution in [-0.4, -0.2) is 41.4 Å². The molecule has 0 saturated heterocycles. The summed E-state index contributed by atoms with van der Waals surface area (Å²) in [5.41, 5.74) is 3.40. The highest BCUT2D eigenvalue weighted by Gasteiger charge is 2.18. The summed E-state index contributed by atoms with van der Waals surface area (Å²) in [6, 6.07) is 20.7. The fraction of sp³-hybridized carbons (Fsp3) is 0.154. The molecule has 7 nitrogen and oxygen atoms in total. The lowest BCUT2D eigenvalue weighted by atomic mass is 10.2. The Morgan fingerprint density at radius 2 is 1.83 bits per heavy atom. The molecule has 0 unspecified atom stereocenters. The third-order valence-corrected chi connectivity index (χ3v) is 8.15. The van der Waals surface area contributed by atoms with E-state index in [9.17, 15) is 8.42 Å². The molecule has 0 saturated carbocycles. The van der Waals surface area contributed by atoms with E-state index in [-0.39, 0.29) is 0 Å². The van der Waals surface area contributed by atoms with Crippen LogP contribution in [0.3, 0.4) is 0 Å². The molecule has 184 valence electrons. The Labute approximate surface area is 218 Å². The van der Waals surface area contributed by atoms with Crippen LogP contribution >= 0.6 is 22.9 Å². The molecular formula is C26H23ClN4O3S2. The third kappa shape index (κ3) is 5.29. The molecule has 5 rings (SSSR count). The molecular weight excluding hydrogens is 516 g/mol. The summed E-state index contributed by atoms with van der Waals surface area (Å²) in [5, 5.41) is 5.48. The van der Waals surface area contributed by atoms with Gasteiger partial charge in [-0.25, -0.2) is 18.1 Å². The van der Waals surface area contributed by atoms with Crippen LogP contribution in [0.25, 0.3) is 26.7 Å². The zero-order valence-corrected chi connectivity index (χ0v) is 22.0. The van der Waals surface area contributed by atoms with Crippen molar-refractivity contribution in [1.82, 2.24) is 19.7 Å². The molecule has 0 atom stereocenters. The first-order valence-corrected chi connectivity index (χ1v) is 14.2.